The van der Waals surface area contributed by atoms with E-state index in [0.29, 0.717) is 17.8 Å². The first-order valence-electron chi connectivity index (χ1n) is 9.40. The molecule has 0 bridgehead atoms. The average molecular weight is 394 g/mol. The van der Waals surface area contributed by atoms with Gasteiger partial charge in [-0.2, -0.15) is 0 Å². The molecule has 2 heterocycles. The van der Waals surface area contributed by atoms with Gasteiger partial charge < -0.3 is 25.6 Å². The number of hydrogen-bond acceptors (Lipinski definition) is 5. The van der Waals surface area contributed by atoms with Crippen LogP contribution in [0.4, 0.5) is 5.69 Å². The number of benzene rings is 2. The predicted molar refractivity (Wildman–Crippen MR) is 108 cm³/mol. The molecule has 0 radical (unpaired) electrons. The van der Waals surface area contributed by atoms with E-state index in [1.165, 1.54) is 4.90 Å². The smallest absolute Gasteiger partial charge is 0.256 e. The van der Waals surface area contributed by atoms with Crippen LogP contribution in [0, 0.1) is 0 Å². The van der Waals surface area contributed by atoms with Gasteiger partial charge in [0.25, 0.3) is 5.91 Å². The van der Waals surface area contributed by atoms with Gasteiger partial charge in [0.1, 0.15) is 11.8 Å². The fourth-order valence-electron chi connectivity index (χ4n) is 3.77. The van der Waals surface area contributed by atoms with E-state index in [0.717, 1.165) is 16.9 Å². The van der Waals surface area contributed by atoms with Gasteiger partial charge in [-0.3, -0.25) is 14.4 Å². The molecule has 8 nitrogen and oxygen atoms in total. The summed E-state index contributed by atoms with van der Waals surface area (Å²) in [6.07, 6.45) is 0. The molecule has 2 aliphatic rings. The number of amides is 3. The molecule has 2 aromatic rings. The lowest BCUT2D eigenvalue weighted by molar-refractivity contribution is -0.134. The Bertz CT molecular complexity index is 973. The summed E-state index contributed by atoms with van der Waals surface area (Å²) in [5.74, 6) is -0.00424. The highest BCUT2D eigenvalue weighted by Crippen LogP contribution is 2.30. The van der Waals surface area contributed by atoms with Crippen LogP contribution in [0.3, 0.4) is 0 Å². The summed E-state index contributed by atoms with van der Waals surface area (Å²) in [5, 5.41) is 2.84. The normalized spacial score (nSPS) is 18.5. The average Bonchev–Trinajstić information content (AvgIpc) is 2.87. The first kappa shape index (κ1) is 18.9. The van der Waals surface area contributed by atoms with E-state index in [4.69, 9.17) is 10.5 Å². The molecule has 0 saturated carbocycles. The molecule has 1 saturated heterocycles. The molecule has 0 aromatic heterocycles. The van der Waals surface area contributed by atoms with Crippen molar-refractivity contribution in [1.29, 1.82) is 0 Å². The number of nitrogens with zero attached hydrogens (tertiary/aromatic N) is 2. The van der Waals surface area contributed by atoms with Crippen LogP contribution in [0.1, 0.15) is 10.4 Å². The maximum Gasteiger partial charge on any atom is 0.256 e. The van der Waals surface area contributed by atoms with Crippen molar-refractivity contribution in [2.75, 3.05) is 38.6 Å². The minimum absolute atomic E-state index is 0.117. The number of rotatable bonds is 3. The number of nitrogens with one attached hydrogen (secondary N) is 1. The van der Waals surface area contributed by atoms with E-state index in [2.05, 4.69) is 5.32 Å². The van der Waals surface area contributed by atoms with Crippen molar-refractivity contribution in [3.05, 3.63) is 48.0 Å². The van der Waals surface area contributed by atoms with Gasteiger partial charge in [0.2, 0.25) is 11.8 Å². The molecule has 150 valence electrons. The molecule has 1 fully saturated rings. The quantitative estimate of drug-likeness (QED) is 0.806. The van der Waals surface area contributed by atoms with E-state index < -0.39 is 6.04 Å². The van der Waals surface area contributed by atoms with Gasteiger partial charge in [-0.05, 0) is 35.4 Å². The summed E-state index contributed by atoms with van der Waals surface area (Å²) >= 11 is 0. The van der Waals surface area contributed by atoms with Crippen molar-refractivity contribution >= 4 is 23.4 Å². The third-order valence-corrected chi connectivity index (χ3v) is 5.40. The number of methoxy groups -OCH3 is 1. The summed E-state index contributed by atoms with van der Waals surface area (Å²) in [6, 6.07) is 12.2. The standard InChI is InChI=1S/C21H22N4O4/c1-29-15-5-2-13(3-6-15)14-4-7-17-16(10-14)21(28)25-9-8-24(19(26)11-22)12-18(25)20(27)23-17/h2-7,10,18H,8-9,11-12,22H2,1H3,(H,23,27). The second-order valence-electron chi connectivity index (χ2n) is 7.04. The van der Waals surface area contributed by atoms with Crippen molar-refractivity contribution < 1.29 is 19.1 Å². The van der Waals surface area contributed by atoms with Crippen LogP contribution in [0.2, 0.25) is 0 Å². The minimum atomic E-state index is -0.733. The van der Waals surface area contributed by atoms with E-state index in [9.17, 15) is 14.4 Å². The van der Waals surface area contributed by atoms with Crippen LogP contribution < -0.4 is 15.8 Å². The number of carbonyl (C=O) groups excluding carboxylic acids is 3. The molecule has 2 aromatic carbocycles. The molecule has 1 atom stereocenters. The molecule has 29 heavy (non-hydrogen) atoms. The fourth-order valence-corrected chi connectivity index (χ4v) is 3.77. The first-order chi connectivity index (χ1) is 14.0. The van der Waals surface area contributed by atoms with Gasteiger partial charge in [-0.15, -0.1) is 0 Å². The Hall–Kier alpha value is -3.39. The Morgan fingerprint density at radius 1 is 1.14 bits per heavy atom. The number of piperazine rings is 1. The van der Waals surface area contributed by atoms with Crippen molar-refractivity contribution in [3.63, 3.8) is 0 Å². The summed E-state index contributed by atoms with van der Waals surface area (Å²) in [4.78, 5) is 41.0. The van der Waals surface area contributed by atoms with Gasteiger partial charge >= 0.3 is 0 Å². The highest BCUT2D eigenvalue weighted by Gasteiger charge is 2.40. The maximum atomic E-state index is 13.2. The lowest BCUT2D eigenvalue weighted by Crippen LogP contribution is -2.60. The molecule has 0 spiro atoms. The molecule has 3 N–H and O–H groups in total. The molecular formula is C21H22N4O4. The van der Waals surface area contributed by atoms with Crippen LogP contribution in [0.5, 0.6) is 5.75 Å². The van der Waals surface area contributed by atoms with E-state index in [-0.39, 0.29) is 37.4 Å². The number of fused-ring (bicyclic) bond motifs is 2. The lowest BCUT2D eigenvalue weighted by atomic mass is 10.0. The Kier molecular flexibility index (Phi) is 4.94. The Morgan fingerprint density at radius 3 is 2.55 bits per heavy atom. The molecule has 1 unspecified atom stereocenters. The van der Waals surface area contributed by atoms with Gasteiger partial charge in [0, 0.05) is 13.1 Å². The molecule has 3 amide bonds. The van der Waals surface area contributed by atoms with E-state index in [1.807, 2.05) is 30.3 Å². The third kappa shape index (κ3) is 3.42. The molecule has 4 rings (SSSR count). The van der Waals surface area contributed by atoms with Crippen molar-refractivity contribution in [2.24, 2.45) is 5.73 Å². The van der Waals surface area contributed by atoms with Crippen molar-refractivity contribution in [1.82, 2.24) is 9.80 Å². The number of anilines is 1. The van der Waals surface area contributed by atoms with Crippen molar-refractivity contribution in [2.45, 2.75) is 6.04 Å². The number of hydrogen-bond donors (Lipinski definition) is 2. The molecule has 0 aliphatic carbocycles. The lowest BCUT2D eigenvalue weighted by Gasteiger charge is -2.39. The zero-order valence-electron chi connectivity index (χ0n) is 16.1. The van der Waals surface area contributed by atoms with Crippen LogP contribution in [0.15, 0.2) is 42.5 Å². The summed E-state index contributed by atoms with van der Waals surface area (Å²) in [5.41, 5.74) is 8.16. The monoisotopic (exact) mass is 394 g/mol. The van der Waals surface area contributed by atoms with Gasteiger partial charge in [-0.1, -0.05) is 18.2 Å². The van der Waals surface area contributed by atoms with Crippen molar-refractivity contribution in [3.8, 4) is 16.9 Å². The highest BCUT2D eigenvalue weighted by molar-refractivity contribution is 6.10. The highest BCUT2D eigenvalue weighted by atomic mass is 16.5. The second kappa shape index (κ2) is 7.56. The Labute approximate surface area is 168 Å². The van der Waals surface area contributed by atoms with Crippen LogP contribution in [-0.2, 0) is 9.59 Å². The zero-order valence-corrected chi connectivity index (χ0v) is 16.1. The molecule has 8 heteroatoms. The van der Waals surface area contributed by atoms with Gasteiger partial charge in [0.05, 0.1) is 31.5 Å². The minimum Gasteiger partial charge on any atom is -0.497 e. The summed E-state index contributed by atoms with van der Waals surface area (Å²) in [7, 11) is 1.61. The predicted octanol–water partition coefficient (Wildman–Crippen LogP) is 0.926. The maximum absolute atomic E-state index is 13.2. The zero-order chi connectivity index (χ0) is 20.5. The number of ether oxygens (including phenoxy) is 1. The van der Waals surface area contributed by atoms with E-state index >= 15 is 0 Å². The van der Waals surface area contributed by atoms with Gasteiger partial charge in [-0.25, -0.2) is 0 Å². The molecule has 2 aliphatic heterocycles. The number of carbonyl (C=O) groups is 3. The largest absolute Gasteiger partial charge is 0.497 e. The number of nitrogens with two attached hydrogens (primary N) is 1. The molecular weight excluding hydrogens is 372 g/mol. The fraction of sp³-hybridized carbons (Fsp3) is 0.286. The third-order valence-electron chi connectivity index (χ3n) is 5.40. The van der Waals surface area contributed by atoms with Crippen LogP contribution in [-0.4, -0.2) is 66.9 Å². The summed E-state index contributed by atoms with van der Waals surface area (Å²) in [6.45, 7) is 0.675. The van der Waals surface area contributed by atoms with Crippen LogP contribution in [0.25, 0.3) is 11.1 Å². The van der Waals surface area contributed by atoms with Gasteiger partial charge in [0.15, 0.2) is 0 Å². The van der Waals surface area contributed by atoms with Crippen LogP contribution >= 0.6 is 0 Å². The Morgan fingerprint density at radius 2 is 1.86 bits per heavy atom. The Balaban J connectivity index is 1.66. The summed E-state index contributed by atoms with van der Waals surface area (Å²) < 4.78 is 5.19. The van der Waals surface area contributed by atoms with E-state index in [1.54, 1.807) is 24.1 Å². The SMILES string of the molecule is COc1ccc(-c2ccc3c(c2)C(=O)N2CCN(C(=O)CN)CC2C(=O)N3)cc1. The first-order valence-corrected chi connectivity index (χ1v) is 9.40. The topological polar surface area (TPSA) is 105 Å². The second-order valence-corrected chi connectivity index (χ2v) is 7.04.